The second-order valence-electron chi connectivity index (χ2n) is 7.12. The summed E-state index contributed by atoms with van der Waals surface area (Å²) >= 11 is 0. The first-order valence-corrected chi connectivity index (χ1v) is 9.21. The smallest absolute Gasteiger partial charge is 0.240 e. The number of ether oxygens (including phenoxy) is 1. The lowest BCUT2D eigenvalue weighted by molar-refractivity contribution is -0.133. The van der Waals surface area contributed by atoms with Crippen LogP contribution in [0.3, 0.4) is 0 Å². The number of hydrogen-bond acceptors (Lipinski definition) is 7. The number of rotatable bonds is 5. The minimum absolute atomic E-state index is 0.0273. The SMILES string of the molecule is CCCC1CN(c2nccc(N)n2)CC1NC(=O)C1(C#N)CCOCC1. The predicted molar refractivity (Wildman–Crippen MR) is 97.1 cm³/mol. The largest absolute Gasteiger partial charge is 0.384 e. The molecule has 0 bridgehead atoms. The summed E-state index contributed by atoms with van der Waals surface area (Å²) in [4.78, 5) is 23.6. The number of hydrogen-bond donors (Lipinski definition) is 2. The molecule has 1 aromatic rings. The number of aromatic nitrogens is 2. The Labute approximate surface area is 153 Å². The third-order valence-corrected chi connectivity index (χ3v) is 5.36. The van der Waals surface area contributed by atoms with Crippen LogP contribution in [-0.2, 0) is 9.53 Å². The summed E-state index contributed by atoms with van der Waals surface area (Å²) in [6.07, 6.45) is 4.56. The second kappa shape index (κ2) is 7.87. The van der Waals surface area contributed by atoms with Crippen LogP contribution in [0.25, 0.3) is 0 Å². The number of carbonyl (C=O) groups is 1. The van der Waals surface area contributed by atoms with E-state index in [1.807, 2.05) is 0 Å². The standard InChI is InChI=1S/C18H26N6O2/c1-2-3-13-10-24(17-21-7-4-15(20)23-17)11-14(13)22-16(25)18(12-19)5-8-26-9-6-18/h4,7,13-14H,2-3,5-6,8-11H2,1H3,(H,22,25)(H2,20,21,23). The summed E-state index contributed by atoms with van der Waals surface area (Å²) < 4.78 is 5.32. The molecule has 0 spiro atoms. The number of nitrogens with two attached hydrogens (primary N) is 1. The van der Waals surface area contributed by atoms with Gasteiger partial charge in [-0.25, -0.2) is 4.98 Å². The van der Waals surface area contributed by atoms with E-state index in [0.29, 0.717) is 50.3 Å². The molecule has 140 valence electrons. The first-order valence-electron chi connectivity index (χ1n) is 9.21. The number of nitrogens with zero attached hydrogens (tertiary/aromatic N) is 4. The van der Waals surface area contributed by atoms with Gasteiger partial charge in [0, 0.05) is 32.5 Å². The Morgan fingerprint density at radius 2 is 2.27 bits per heavy atom. The third-order valence-electron chi connectivity index (χ3n) is 5.36. The van der Waals surface area contributed by atoms with Crippen LogP contribution in [0, 0.1) is 22.7 Å². The second-order valence-corrected chi connectivity index (χ2v) is 7.12. The lowest BCUT2D eigenvalue weighted by atomic mass is 9.80. The van der Waals surface area contributed by atoms with Crippen LogP contribution in [0.15, 0.2) is 12.3 Å². The highest BCUT2D eigenvalue weighted by Gasteiger charge is 2.43. The van der Waals surface area contributed by atoms with E-state index in [0.717, 1.165) is 19.4 Å². The van der Waals surface area contributed by atoms with E-state index < -0.39 is 5.41 Å². The van der Waals surface area contributed by atoms with Crippen molar-refractivity contribution in [3.8, 4) is 6.07 Å². The fourth-order valence-electron chi connectivity index (χ4n) is 3.79. The summed E-state index contributed by atoms with van der Waals surface area (Å²) in [5.41, 5.74) is 4.80. The molecule has 2 aliphatic heterocycles. The van der Waals surface area contributed by atoms with Crippen molar-refractivity contribution < 1.29 is 9.53 Å². The van der Waals surface area contributed by atoms with Gasteiger partial charge in [0.1, 0.15) is 11.2 Å². The molecule has 2 aliphatic rings. The fourth-order valence-corrected chi connectivity index (χ4v) is 3.79. The maximum absolute atomic E-state index is 12.9. The average molecular weight is 358 g/mol. The van der Waals surface area contributed by atoms with E-state index in [1.54, 1.807) is 12.3 Å². The molecule has 2 fully saturated rings. The van der Waals surface area contributed by atoms with Gasteiger partial charge in [-0.3, -0.25) is 4.79 Å². The Morgan fingerprint density at radius 3 is 2.92 bits per heavy atom. The third kappa shape index (κ3) is 3.73. The molecule has 1 amide bonds. The molecule has 3 N–H and O–H groups in total. The molecule has 2 saturated heterocycles. The number of anilines is 2. The van der Waals surface area contributed by atoms with Gasteiger partial charge >= 0.3 is 0 Å². The molecular weight excluding hydrogens is 332 g/mol. The van der Waals surface area contributed by atoms with Gasteiger partial charge in [-0.2, -0.15) is 10.2 Å². The van der Waals surface area contributed by atoms with Gasteiger partial charge in [0.15, 0.2) is 0 Å². The van der Waals surface area contributed by atoms with Gasteiger partial charge in [-0.1, -0.05) is 13.3 Å². The van der Waals surface area contributed by atoms with Crippen LogP contribution < -0.4 is 16.0 Å². The van der Waals surface area contributed by atoms with Crippen LogP contribution in [0.4, 0.5) is 11.8 Å². The van der Waals surface area contributed by atoms with Crippen molar-refractivity contribution in [3.63, 3.8) is 0 Å². The molecule has 8 heteroatoms. The van der Waals surface area contributed by atoms with Crippen molar-refractivity contribution in [3.05, 3.63) is 12.3 Å². The maximum atomic E-state index is 12.9. The molecule has 2 unspecified atom stereocenters. The predicted octanol–water partition coefficient (Wildman–Crippen LogP) is 1.10. The Morgan fingerprint density at radius 1 is 1.50 bits per heavy atom. The van der Waals surface area contributed by atoms with Gasteiger partial charge in [0.05, 0.1) is 12.1 Å². The minimum Gasteiger partial charge on any atom is -0.384 e. The molecule has 3 rings (SSSR count). The molecule has 26 heavy (non-hydrogen) atoms. The number of amides is 1. The molecular formula is C18H26N6O2. The van der Waals surface area contributed by atoms with Crippen molar-refractivity contribution in [2.45, 2.75) is 38.6 Å². The van der Waals surface area contributed by atoms with E-state index in [9.17, 15) is 10.1 Å². The highest BCUT2D eigenvalue weighted by molar-refractivity contribution is 5.86. The van der Waals surface area contributed by atoms with Crippen molar-refractivity contribution in [2.75, 3.05) is 36.9 Å². The molecule has 1 aromatic heterocycles. The van der Waals surface area contributed by atoms with E-state index in [-0.39, 0.29) is 11.9 Å². The zero-order valence-electron chi connectivity index (χ0n) is 15.1. The molecule has 2 atom stereocenters. The van der Waals surface area contributed by atoms with Crippen molar-refractivity contribution in [1.29, 1.82) is 5.26 Å². The molecule has 0 aliphatic carbocycles. The number of nitrogens with one attached hydrogen (secondary N) is 1. The Balaban J connectivity index is 1.73. The van der Waals surface area contributed by atoms with E-state index in [4.69, 9.17) is 10.5 Å². The maximum Gasteiger partial charge on any atom is 0.240 e. The van der Waals surface area contributed by atoms with Crippen molar-refractivity contribution in [1.82, 2.24) is 15.3 Å². The molecule has 0 saturated carbocycles. The van der Waals surface area contributed by atoms with Crippen molar-refractivity contribution in [2.24, 2.45) is 11.3 Å². The number of nitrogen functional groups attached to an aromatic ring is 1. The van der Waals surface area contributed by atoms with Gasteiger partial charge in [-0.05, 0) is 31.2 Å². The number of nitriles is 1. The lowest BCUT2D eigenvalue weighted by Gasteiger charge is -2.31. The first kappa shape index (κ1) is 18.4. The van der Waals surface area contributed by atoms with Crippen LogP contribution in [0.1, 0.15) is 32.6 Å². The van der Waals surface area contributed by atoms with Crippen LogP contribution in [-0.4, -0.2) is 48.2 Å². The monoisotopic (exact) mass is 358 g/mol. The first-order chi connectivity index (χ1) is 12.6. The lowest BCUT2D eigenvalue weighted by Crippen LogP contribution is -2.50. The van der Waals surface area contributed by atoms with Gasteiger partial charge in [0.25, 0.3) is 0 Å². The Bertz CT molecular complexity index is 683. The average Bonchev–Trinajstić information content (AvgIpc) is 3.05. The topological polar surface area (TPSA) is 117 Å². The Kier molecular flexibility index (Phi) is 5.57. The van der Waals surface area contributed by atoms with Gasteiger partial charge in [-0.15, -0.1) is 0 Å². The molecule has 0 radical (unpaired) electrons. The number of carbonyl (C=O) groups excluding carboxylic acids is 1. The van der Waals surface area contributed by atoms with Crippen LogP contribution in [0.2, 0.25) is 0 Å². The molecule has 0 aromatic carbocycles. The Hall–Kier alpha value is -2.40. The highest BCUT2D eigenvalue weighted by Crippen LogP contribution is 2.32. The molecule has 8 nitrogen and oxygen atoms in total. The highest BCUT2D eigenvalue weighted by atomic mass is 16.5. The minimum atomic E-state index is -0.976. The summed E-state index contributed by atoms with van der Waals surface area (Å²) in [7, 11) is 0. The summed E-state index contributed by atoms with van der Waals surface area (Å²) in [5, 5.41) is 12.7. The molecule has 3 heterocycles. The zero-order valence-corrected chi connectivity index (χ0v) is 15.1. The summed E-state index contributed by atoms with van der Waals surface area (Å²) in [6, 6.07) is 3.87. The van der Waals surface area contributed by atoms with E-state index in [2.05, 4.69) is 33.2 Å². The van der Waals surface area contributed by atoms with Crippen LogP contribution >= 0.6 is 0 Å². The normalized spacial score (nSPS) is 24.8. The van der Waals surface area contributed by atoms with Gasteiger partial charge in [0.2, 0.25) is 11.9 Å². The van der Waals surface area contributed by atoms with E-state index >= 15 is 0 Å². The van der Waals surface area contributed by atoms with Crippen LogP contribution in [0.5, 0.6) is 0 Å². The summed E-state index contributed by atoms with van der Waals surface area (Å²) in [6.45, 7) is 4.43. The quantitative estimate of drug-likeness (QED) is 0.809. The summed E-state index contributed by atoms with van der Waals surface area (Å²) in [5.74, 6) is 1.14. The zero-order chi connectivity index (χ0) is 18.6. The van der Waals surface area contributed by atoms with E-state index in [1.165, 1.54) is 0 Å². The van der Waals surface area contributed by atoms with Crippen molar-refractivity contribution >= 4 is 17.7 Å². The van der Waals surface area contributed by atoms with Gasteiger partial charge < -0.3 is 20.7 Å². The fraction of sp³-hybridized carbons (Fsp3) is 0.667.